The standard InChI is InChI=1S/C18H29NO6.C2H6/c1-6-23-12-14(16(21)24-7-2)15(20)13-8-10-19(11-9-13)17(22)25-18(3,4)5;1-2/h12-13H,6-11H2,1-5H3;1-2H3/b14-12+;. The van der Waals surface area contributed by atoms with E-state index in [9.17, 15) is 14.4 Å². The summed E-state index contributed by atoms with van der Waals surface area (Å²) in [5, 5.41) is 0. The number of carbonyl (C=O) groups is 3. The SMILES string of the molecule is CC.CCO/C=C(/C(=O)OCC)C(=O)C1CCN(C(=O)OC(C)(C)C)CC1. The van der Waals surface area contributed by atoms with Crippen LogP contribution in [0.2, 0.25) is 0 Å². The topological polar surface area (TPSA) is 82.1 Å². The number of nitrogens with zero attached hydrogens (tertiary/aromatic N) is 1. The number of ketones is 1. The molecule has 7 nitrogen and oxygen atoms in total. The third-order valence-corrected chi connectivity index (χ3v) is 3.65. The van der Waals surface area contributed by atoms with Crippen molar-refractivity contribution in [2.75, 3.05) is 26.3 Å². The number of piperidine rings is 1. The lowest BCUT2D eigenvalue weighted by Crippen LogP contribution is -2.43. The van der Waals surface area contributed by atoms with Crippen LogP contribution in [0.15, 0.2) is 11.8 Å². The van der Waals surface area contributed by atoms with Crippen molar-refractivity contribution in [3.8, 4) is 0 Å². The molecule has 156 valence electrons. The minimum absolute atomic E-state index is 0.0700. The van der Waals surface area contributed by atoms with E-state index in [4.69, 9.17) is 14.2 Å². The van der Waals surface area contributed by atoms with Gasteiger partial charge in [-0.2, -0.15) is 0 Å². The molecular formula is C20H35NO6. The lowest BCUT2D eigenvalue weighted by atomic mass is 9.89. The van der Waals surface area contributed by atoms with Gasteiger partial charge in [-0.3, -0.25) is 4.79 Å². The second kappa shape index (κ2) is 12.4. The Labute approximate surface area is 163 Å². The number of Topliss-reactive ketones (excluding diaryl/α,β-unsaturated/α-hetero) is 1. The molecule has 1 aliphatic heterocycles. The largest absolute Gasteiger partial charge is 0.500 e. The minimum Gasteiger partial charge on any atom is -0.500 e. The quantitative estimate of drug-likeness (QED) is 0.228. The molecule has 0 saturated carbocycles. The molecule has 1 saturated heterocycles. The van der Waals surface area contributed by atoms with Crippen LogP contribution in [0.5, 0.6) is 0 Å². The minimum atomic E-state index is -0.671. The van der Waals surface area contributed by atoms with Crippen LogP contribution < -0.4 is 0 Å². The first-order chi connectivity index (χ1) is 12.7. The second-order valence-electron chi connectivity index (χ2n) is 6.81. The molecule has 1 aliphatic rings. The first-order valence-corrected chi connectivity index (χ1v) is 9.70. The van der Waals surface area contributed by atoms with Gasteiger partial charge in [-0.05, 0) is 47.5 Å². The van der Waals surface area contributed by atoms with Crippen molar-refractivity contribution in [1.29, 1.82) is 0 Å². The summed E-state index contributed by atoms with van der Waals surface area (Å²) in [4.78, 5) is 38.3. The normalized spacial score (nSPS) is 15.4. The van der Waals surface area contributed by atoms with E-state index in [1.54, 1.807) is 18.7 Å². The molecule has 1 fully saturated rings. The summed E-state index contributed by atoms with van der Waals surface area (Å²) in [6, 6.07) is 0. The fraction of sp³-hybridized carbons (Fsp3) is 0.750. The molecule has 0 unspecified atom stereocenters. The highest BCUT2D eigenvalue weighted by molar-refractivity contribution is 6.17. The van der Waals surface area contributed by atoms with Crippen molar-refractivity contribution < 1.29 is 28.6 Å². The van der Waals surface area contributed by atoms with E-state index in [0.717, 1.165) is 0 Å². The van der Waals surface area contributed by atoms with Crippen LogP contribution in [0, 0.1) is 5.92 Å². The van der Waals surface area contributed by atoms with Gasteiger partial charge in [-0.1, -0.05) is 13.8 Å². The molecule has 0 atom stereocenters. The Morgan fingerprint density at radius 2 is 1.59 bits per heavy atom. The van der Waals surface area contributed by atoms with Gasteiger partial charge in [0.2, 0.25) is 0 Å². The Hall–Kier alpha value is -2.05. The zero-order valence-electron chi connectivity index (χ0n) is 17.8. The van der Waals surface area contributed by atoms with Gasteiger partial charge in [0, 0.05) is 19.0 Å². The number of hydrogen-bond acceptors (Lipinski definition) is 6. The van der Waals surface area contributed by atoms with Crippen molar-refractivity contribution >= 4 is 17.8 Å². The van der Waals surface area contributed by atoms with E-state index in [2.05, 4.69) is 0 Å². The summed E-state index contributed by atoms with van der Waals surface area (Å²) in [5.41, 5.74) is -0.624. The lowest BCUT2D eigenvalue weighted by molar-refractivity contribution is -0.141. The molecule has 0 spiro atoms. The van der Waals surface area contributed by atoms with Crippen molar-refractivity contribution in [1.82, 2.24) is 4.90 Å². The Morgan fingerprint density at radius 3 is 2.04 bits per heavy atom. The number of esters is 1. The molecule has 1 heterocycles. The smallest absolute Gasteiger partial charge is 0.410 e. The van der Waals surface area contributed by atoms with Gasteiger partial charge in [0.15, 0.2) is 5.78 Å². The van der Waals surface area contributed by atoms with E-state index in [0.29, 0.717) is 32.5 Å². The molecule has 0 aromatic rings. The summed E-state index contributed by atoms with van der Waals surface area (Å²) in [6.45, 7) is 14.2. The maximum atomic E-state index is 12.6. The summed E-state index contributed by atoms with van der Waals surface area (Å²) in [6.07, 6.45) is 1.75. The summed E-state index contributed by atoms with van der Waals surface area (Å²) >= 11 is 0. The first kappa shape index (κ1) is 24.9. The van der Waals surface area contributed by atoms with Crippen LogP contribution >= 0.6 is 0 Å². The average Bonchev–Trinajstić information content (AvgIpc) is 2.62. The van der Waals surface area contributed by atoms with Crippen LogP contribution in [0.4, 0.5) is 4.79 Å². The summed E-state index contributed by atoms with van der Waals surface area (Å²) in [7, 11) is 0. The average molecular weight is 386 g/mol. The van der Waals surface area contributed by atoms with Crippen LogP contribution in [0.1, 0.15) is 61.3 Å². The van der Waals surface area contributed by atoms with Crippen LogP contribution in [-0.4, -0.2) is 54.7 Å². The van der Waals surface area contributed by atoms with E-state index in [1.807, 2.05) is 34.6 Å². The highest BCUT2D eigenvalue weighted by Crippen LogP contribution is 2.23. The monoisotopic (exact) mass is 385 g/mol. The van der Waals surface area contributed by atoms with Gasteiger partial charge in [-0.25, -0.2) is 9.59 Å². The molecule has 0 aromatic carbocycles. The molecule has 1 rings (SSSR count). The lowest BCUT2D eigenvalue weighted by Gasteiger charge is -2.33. The molecule has 0 aromatic heterocycles. The Kier molecular flexibility index (Phi) is 11.4. The molecule has 0 radical (unpaired) electrons. The van der Waals surface area contributed by atoms with Crippen LogP contribution in [0.3, 0.4) is 0 Å². The highest BCUT2D eigenvalue weighted by Gasteiger charge is 2.33. The molecule has 7 heteroatoms. The highest BCUT2D eigenvalue weighted by atomic mass is 16.6. The van der Waals surface area contributed by atoms with E-state index in [-0.39, 0.29) is 30.0 Å². The molecule has 0 N–H and O–H groups in total. The number of carbonyl (C=O) groups excluding carboxylic acids is 3. The zero-order valence-corrected chi connectivity index (χ0v) is 17.8. The fourth-order valence-electron chi connectivity index (χ4n) is 2.45. The number of rotatable bonds is 6. The van der Waals surface area contributed by atoms with Gasteiger partial charge in [0.1, 0.15) is 17.4 Å². The summed E-state index contributed by atoms with van der Waals surface area (Å²) < 4.78 is 15.4. The number of amides is 1. The Morgan fingerprint density at radius 1 is 1.04 bits per heavy atom. The van der Waals surface area contributed by atoms with Gasteiger partial charge < -0.3 is 19.1 Å². The van der Waals surface area contributed by atoms with Gasteiger partial charge in [0.05, 0.1) is 13.2 Å². The van der Waals surface area contributed by atoms with E-state index in [1.165, 1.54) is 6.26 Å². The van der Waals surface area contributed by atoms with Gasteiger partial charge >= 0.3 is 12.1 Å². The van der Waals surface area contributed by atoms with E-state index >= 15 is 0 Å². The molecular weight excluding hydrogens is 350 g/mol. The third kappa shape index (κ3) is 8.93. The number of likely N-dealkylation sites (tertiary alicyclic amines) is 1. The molecule has 0 aliphatic carbocycles. The Balaban J connectivity index is 0.00000326. The maximum absolute atomic E-state index is 12.6. The second-order valence-corrected chi connectivity index (χ2v) is 6.81. The molecule has 0 bridgehead atoms. The zero-order chi connectivity index (χ0) is 21.0. The third-order valence-electron chi connectivity index (χ3n) is 3.65. The number of ether oxygens (including phenoxy) is 3. The van der Waals surface area contributed by atoms with Crippen LogP contribution in [-0.2, 0) is 23.8 Å². The van der Waals surface area contributed by atoms with E-state index < -0.39 is 11.6 Å². The van der Waals surface area contributed by atoms with Crippen LogP contribution in [0.25, 0.3) is 0 Å². The van der Waals surface area contributed by atoms with Crippen molar-refractivity contribution in [2.45, 2.75) is 66.9 Å². The molecule has 1 amide bonds. The summed E-state index contributed by atoms with van der Waals surface area (Å²) in [5.74, 6) is -1.30. The maximum Gasteiger partial charge on any atom is 0.410 e. The van der Waals surface area contributed by atoms with Crippen molar-refractivity contribution in [3.05, 3.63) is 11.8 Å². The van der Waals surface area contributed by atoms with Crippen molar-refractivity contribution in [2.24, 2.45) is 5.92 Å². The molecule has 27 heavy (non-hydrogen) atoms. The van der Waals surface area contributed by atoms with Gasteiger partial charge in [0.25, 0.3) is 0 Å². The first-order valence-electron chi connectivity index (χ1n) is 9.70. The number of hydrogen-bond donors (Lipinski definition) is 0. The predicted molar refractivity (Wildman–Crippen MR) is 103 cm³/mol. The Bertz CT molecular complexity index is 513. The fourth-order valence-corrected chi connectivity index (χ4v) is 2.45. The predicted octanol–water partition coefficient (Wildman–Crippen LogP) is 3.71. The van der Waals surface area contributed by atoms with Crippen molar-refractivity contribution in [3.63, 3.8) is 0 Å². The van der Waals surface area contributed by atoms with Gasteiger partial charge in [-0.15, -0.1) is 0 Å².